The first-order chi connectivity index (χ1) is 11.8. The number of imide groups is 1. The number of sulfonamides is 1. The van der Waals surface area contributed by atoms with Gasteiger partial charge in [0.05, 0.1) is 17.5 Å². The van der Waals surface area contributed by atoms with Crippen molar-refractivity contribution in [3.8, 4) is 5.75 Å². The summed E-state index contributed by atoms with van der Waals surface area (Å²) in [6.07, 6.45) is -0.457. The van der Waals surface area contributed by atoms with Gasteiger partial charge in [-0.1, -0.05) is 0 Å². The Labute approximate surface area is 144 Å². The van der Waals surface area contributed by atoms with Gasteiger partial charge in [-0.05, 0) is 31.5 Å². The number of halogens is 1. The largest absolute Gasteiger partial charge is 0.491 e. The fourth-order valence-electron chi connectivity index (χ4n) is 2.92. The molecule has 0 bridgehead atoms. The van der Waals surface area contributed by atoms with Crippen LogP contribution in [-0.2, 0) is 19.6 Å². The number of benzene rings is 1. The summed E-state index contributed by atoms with van der Waals surface area (Å²) >= 11 is 0. The molecule has 25 heavy (non-hydrogen) atoms. The standard InChI is InChI=1S/C15H17FN2O6S/c1-2-23-13-4-3-11(7-12(13)16)25(21,22)17-6-5-10(8-17)18-14(19)9-24-15(18)20/h3-4,7,10H,2,5-6,8-9H2,1H3. The van der Waals surface area contributed by atoms with Crippen LogP contribution in [0.2, 0.25) is 0 Å². The lowest BCUT2D eigenvalue weighted by Crippen LogP contribution is -2.42. The van der Waals surface area contributed by atoms with Crippen molar-refractivity contribution in [2.45, 2.75) is 24.3 Å². The number of carbonyl (C=O) groups excluding carboxylic acids is 2. The van der Waals surface area contributed by atoms with E-state index in [-0.39, 0.29) is 36.9 Å². The van der Waals surface area contributed by atoms with E-state index in [1.165, 1.54) is 12.1 Å². The highest BCUT2D eigenvalue weighted by molar-refractivity contribution is 7.89. The minimum absolute atomic E-state index is 0.0221. The third-order valence-corrected chi connectivity index (χ3v) is 5.98. The fraction of sp³-hybridized carbons (Fsp3) is 0.467. The number of amides is 2. The first-order valence-corrected chi connectivity index (χ1v) is 9.20. The molecular weight excluding hydrogens is 355 g/mol. The molecule has 3 rings (SSSR count). The van der Waals surface area contributed by atoms with E-state index in [9.17, 15) is 22.4 Å². The van der Waals surface area contributed by atoms with Crippen molar-refractivity contribution in [2.24, 2.45) is 0 Å². The lowest BCUT2D eigenvalue weighted by atomic mass is 10.2. The zero-order valence-corrected chi connectivity index (χ0v) is 14.3. The Bertz CT molecular complexity index is 796. The van der Waals surface area contributed by atoms with E-state index in [2.05, 4.69) is 4.74 Å². The van der Waals surface area contributed by atoms with Gasteiger partial charge in [0, 0.05) is 13.1 Å². The van der Waals surface area contributed by atoms with Crippen molar-refractivity contribution < 1.29 is 31.9 Å². The van der Waals surface area contributed by atoms with Crippen LogP contribution in [0.5, 0.6) is 5.75 Å². The van der Waals surface area contributed by atoms with Crippen LogP contribution in [0.25, 0.3) is 0 Å². The summed E-state index contributed by atoms with van der Waals surface area (Å²) in [5.74, 6) is -1.27. The second kappa shape index (κ2) is 6.60. The number of hydrogen-bond donors (Lipinski definition) is 0. The van der Waals surface area contributed by atoms with Gasteiger partial charge < -0.3 is 9.47 Å². The molecule has 1 aromatic rings. The quantitative estimate of drug-likeness (QED) is 0.765. The van der Waals surface area contributed by atoms with Crippen LogP contribution in [0.4, 0.5) is 9.18 Å². The van der Waals surface area contributed by atoms with E-state index < -0.39 is 33.9 Å². The van der Waals surface area contributed by atoms with Crippen molar-refractivity contribution >= 4 is 22.0 Å². The van der Waals surface area contributed by atoms with Crippen molar-refractivity contribution in [1.82, 2.24) is 9.21 Å². The summed E-state index contributed by atoms with van der Waals surface area (Å²) in [4.78, 5) is 24.0. The van der Waals surface area contributed by atoms with Crippen LogP contribution in [-0.4, -0.2) is 62.0 Å². The normalized spacial score (nSPS) is 21.7. The first kappa shape index (κ1) is 17.6. The molecule has 0 saturated carbocycles. The maximum atomic E-state index is 14.0. The number of carbonyl (C=O) groups is 2. The minimum Gasteiger partial charge on any atom is -0.491 e. The molecule has 2 fully saturated rings. The lowest BCUT2D eigenvalue weighted by Gasteiger charge is -2.20. The molecule has 0 spiro atoms. The number of nitrogens with zero attached hydrogens (tertiary/aromatic N) is 2. The molecule has 2 aliphatic heterocycles. The number of rotatable bonds is 5. The predicted molar refractivity (Wildman–Crippen MR) is 82.9 cm³/mol. The summed E-state index contributed by atoms with van der Waals surface area (Å²) in [5.41, 5.74) is 0. The van der Waals surface area contributed by atoms with Crippen molar-refractivity contribution in [2.75, 3.05) is 26.3 Å². The van der Waals surface area contributed by atoms with Crippen molar-refractivity contribution in [3.05, 3.63) is 24.0 Å². The van der Waals surface area contributed by atoms with Crippen LogP contribution in [0.3, 0.4) is 0 Å². The summed E-state index contributed by atoms with van der Waals surface area (Å²) in [6, 6.07) is 2.86. The minimum atomic E-state index is -3.94. The molecule has 2 heterocycles. The van der Waals surface area contributed by atoms with E-state index >= 15 is 0 Å². The Hall–Kier alpha value is -2.20. The summed E-state index contributed by atoms with van der Waals surface area (Å²) in [6.45, 7) is 1.71. The van der Waals surface area contributed by atoms with Gasteiger partial charge in [-0.15, -0.1) is 0 Å². The Kier molecular flexibility index (Phi) is 4.65. The molecule has 2 aliphatic rings. The van der Waals surface area contributed by atoms with Gasteiger partial charge in [-0.2, -0.15) is 4.31 Å². The fourth-order valence-corrected chi connectivity index (χ4v) is 4.43. The van der Waals surface area contributed by atoms with Gasteiger partial charge in [0.15, 0.2) is 18.2 Å². The first-order valence-electron chi connectivity index (χ1n) is 7.76. The molecule has 0 N–H and O–H groups in total. The molecule has 1 aromatic carbocycles. The molecule has 2 saturated heterocycles. The van der Waals surface area contributed by atoms with Gasteiger partial charge >= 0.3 is 6.09 Å². The molecule has 0 aliphatic carbocycles. The molecule has 0 radical (unpaired) electrons. The number of hydrogen-bond acceptors (Lipinski definition) is 6. The Morgan fingerprint density at radius 3 is 2.72 bits per heavy atom. The maximum Gasteiger partial charge on any atom is 0.417 e. The van der Waals surface area contributed by atoms with Crippen molar-refractivity contribution in [3.63, 3.8) is 0 Å². The van der Waals surface area contributed by atoms with Crippen LogP contribution >= 0.6 is 0 Å². The van der Waals surface area contributed by atoms with Crippen LogP contribution in [0, 0.1) is 5.82 Å². The monoisotopic (exact) mass is 372 g/mol. The molecule has 8 nitrogen and oxygen atoms in total. The van der Waals surface area contributed by atoms with Gasteiger partial charge in [0.2, 0.25) is 10.0 Å². The molecule has 1 atom stereocenters. The molecule has 10 heteroatoms. The van der Waals surface area contributed by atoms with Crippen LogP contribution in [0.1, 0.15) is 13.3 Å². The molecule has 1 unspecified atom stereocenters. The Balaban J connectivity index is 1.78. The second-order valence-corrected chi connectivity index (χ2v) is 7.59. The van der Waals surface area contributed by atoms with E-state index in [0.29, 0.717) is 6.42 Å². The highest BCUT2D eigenvalue weighted by atomic mass is 32.2. The van der Waals surface area contributed by atoms with Gasteiger partial charge in [0.25, 0.3) is 5.91 Å². The average Bonchev–Trinajstić information content (AvgIpc) is 3.16. The van der Waals surface area contributed by atoms with E-state index in [1.807, 2.05) is 0 Å². The summed E-state index contributed by atoms with van der Waals surface area (Å²) < 4.78 is 50.2. The third kappa shape index (κ3) is 3.19. The Morgan fingerprint density at radius 2 is 2.12 bits per heavy atom. The predicted octanol–water partition coefficient (Wildman–Crippen LogP) is 0.966. The Morgan fingerprint density at radius 1 is 1.36 bits per heavy atom. The van der Waals surface area contributed by atoms with Crippen LogP contribution in [0.15, 0.2) is 23.1 Å². The summed E-state index contributed by atoms with van der Waals surface area (Å²) in [5, 5.41) is 0. The lowest BCUT2D eigenvalue weighted by molar-refractivity contribution is -0.127. The van der Waals surface area contributed by atoms with Gasteiger partial charge in [-0.25, -0.2) is 22.5 Å². The molecule has 136 valence electrons. The van der Waals surface area contributed by atoms with E-state index in [4.69, 9.17) is 4.74 Å². The van der Waals surface area contributed by atoms with E-state index in [0.717, 1.165) is 15.3 Å². The highest BCUT2D eigenvalue weighted by Gasteiger charge is 2.43. The number of ether oxygens (including phenoxy) is 2. The highest BCUT2D eigenvalue weighted by Crippen LogP contribution is 2.28. The van der Waals surface area contributed by atoms with Crippen molar-refractivity contribution in [1.29, 1.82) is 0 Å². The second-order valence-electron chi connectivity index (χ2n) is 5.65. The SMILES string of the molecule is CCOc1ccc(S(=O)(=O)N2CCC(N3C(=O)COC3=O)C2)cc1F. The number of cyclic esters (lactones) is 1. The molecule has 0 aromatic heterocycles. The van der Waals surface area contributed by atoms with Gasteiger partial charge in [-0.3, -0.25) is 4.79 Å². The third-order valence-electron chi connectivity index (χ3n) is 4.12. The smallest absolute Gasteiger partial charge is 0.417 e. The van der Waals surface area contributed by atoms with Crippen LogP contribution < -0.4 is 4.74 Å². The zero-order valence-electron chi connectivity index (χ0n) is 13.5. The van der Waals surface area contributed by atoms with E-state index in [1.54, 1.807) is 6.92 Å². The molecular formula is C15H17FN2O6S. The topological polar surface area (TPSA) is 93.2 Å². The zero-order chi connectivity index (χ0) is 18.2. The maximum absolute atomic E-state index is 14.0. The molecule has 2 amide bonds. The van der Waals surface area contributed by atoms with Gasteiger partial charge in [0.1, 0.15) is 0 Å². The summed E-state index contributed by atoms with van der Waals surface area (Å²) in [7, 11) is -3.94. The average molecular weight is 372 g/mol.